The highest BCUT2D eigenvalue weighted by atomic mass is 19.4. The maximum Gasteiger partial charge on any atom is 0.416 e. The molecule has 1 aromatic rings. The number of benzene rings is 1. The van der Waals surface area contributed by atoms with Crippen molar-refractivity contribution in [3.63, 3.8) is 0 Å². The van der Waals surface area contributed by atoms with Gasteiger partial charge in [0.05, 0.1) is 18.7 Å². The predicted molar refractivity (Wildman–Crippen MR) is 104 cm³/mol. The van der Waals surface area contributed by atoms with E-state index in [2.05, 4.69) is 0 Å². The van der Waals surface area contributed by atoms with Crippen LogP contribution in [-0.2, 0) is 15.8 Å². The molecule has 176 valence electrons. The van der Waals surface area contributed by atoms with Gasteiger partial charge in [0.25, 0.3) is 11.8 Å². The van der Waals surface area contributed by atoms with Crippen molar-refractivity contribution in [2.24, 2.45) is 5.92 Å². The third-order valence-electron chi connectivity index (χ3n) is 5.97. The first kappa shape index (κ1) is 23.9. The first-order chi connectivity index (χ1) is 15.0. The van der Waals surface area contributed by atoms with Crippen LogP contribution in [0.15, 0.2) is 24.3 Å². The number of piperazine rings is 1. The van der Waals surface area contributed by atoms with Gasteiger partial charge in [-0.05, 0) is 30.2 Å². The van der Waals surface area contributed by atoms with Gasteiger partial charge in [0, 0.05) is 12.1 Å². The molecule has 4 atom stereocenters. The fraction of sp³-hybridized carbons (Fsp3) is 0.571. The molecule has 0 bridgehead atoms. The zero-order chi connectivity index (χ0) is 23.8. The number of nitrogens with zero attached hydrogens (tertiary/aromatic N) is 3. The Hall–Kier alpha value is -2.72. The number of rotatable bonds is 5. The molecule has 0 radical (unpaired) electrons. The smallest absolute Gasteiger partial charge is 0.337 e. The molecule has 1 aromatic carbocycles. The highest BCUT2D eigenvalue weighted by Gasteiger charge is 2.52. The number of alkyl halides is 5. The van der Waals surface area contributed by atoms with Gasteiger partial charge >= 0.3 is 6.18 Å². The summed E-state index contributed by atoms with van der Waals surface area (Å²) in [6.45, 7) is 2.06. The van der Waals surface area contributed by atoms with E-state index in [0.717, 1.165) is 40.5 Å². The molecule has 2 heterocycles. The van der Waals surface area contributed by atoms with E-state index < -0.39 is 61.1 Å². The Morgan fingerprint density at radius 3 is 2.28 bits per heavy atom. The van der Waals surface area contributed by atoms with E-state index in [1.54, 1.807) is 0 Å². The van der Waals surface area contributed by atoms with Gasteiger partial charge in [0.2, 0.25) is 5.91 Å². The van der Waals surface area contributed by atoms with Gasteiger partial charge in [0.15, 0.2) is 6.17 Å². The lowest BCUT2D eigenvalue weighted by Gasteiger charge is -2.52. The van der Waals surface area contributed by atoms with Gasteiger partial charge in [-0.15, -0.1) is 0 Å². The second kappa shape index (κ2) is 9.03. The summed E-state index contributed by atoms with van der Waals surface area (Å²) in [6.07, 6.45) is -7.15. The van der Waals surface area contributed by atoms with Crippen molar-refractivity contribution in [3.05, 3.63) is 35.4 Å². The molecule has 2 aliphatic heterocycles. The van der Waals surface area contributed by atoms with E-state index in [0.29, 0.717) is 0 Å². The van der Waals surface area contributed by atoms with Gasteiger partial charge in [-0.2, -0.15) is 13.2 Å². The Morgan fingerprint density at radius 1 is 1.12 bits per heavy atom. The summed E-state index contributed by atoms with van der Waals surface area (Å²) >= 11 is 0. The molecule has 0 spiro atoms. The fourth-order valence-electron chi connectivity index (χ4n) is 3.99. The third kappa shape index (κ3) is 4.42. The number of fused-ring (bicyclic) bond motifs is 1. The second-order valence-corrected chi connectivity index (χ2v) is 8.15. The second-order valence-electron chi connectivity index (χ2n) is 8.15. The molecule has 2 saturated heterocycles. The highest BCUT2D eigenvalue weighted by molar-refractivity contribution is 5.98. The minimum absolute atomic E-state index is 0.0676. The van der Waals surface area contributed by atoms with Crippen molar-refractivity contribution < 1.29 is 36.3 Å². The standard InChI is InChI=1S/C21H24F5N3O3/c1-3-12(2)9-27-11-17-28(10-15(23)19(31)29(17)16(8-22)20(27)32)18(30)13-4-6-14(7-5-13)21(24,25)26/h4-7,12,15-17H,3,8-11H2,1-2H3. The van der Waals surface area contributed by atoms with Crippen molar-refractivity contribution in [1.29, 1.82) is 0 Å². The van der Waals surface area contributed by atoms with Crippen LogP contribution in [0, 0.1) is 5.92 Å². The Morgan fingerprint density at radius 2 is 1.75 bits per heavy atom. The summed E-state index contributed by atoms with van der Waals surface area (Å²) in [5.74, 6) is -2.48. The monoisotopic (exact) mass is 461 g/mol. The molecule has 0 aromatic heterocycles. The minimum atomic E-state index is -4.59. The number of carbonyl (C=O) groups is 3. The summed E-state index contributed by atoms with van der Waals surface area (Å²) < 4.78 is 66.8. The molecule has 32 heavy (non-hydrogen) atoms. The van der Waals surface area contributed by atoms with Gasteiger partial charge in [-0.3, -0.25) is 14.4 Å². The Labute approximate surface area is 181 Å². The number of carbonyl (C=O) groups excluding carboxylic acids is 3. The van der Waals surface area contributed by atoms with Crippen LogP contribution >= 0.6 is 0 Å². The Kier molecular flexibility index (Phi) is 6.75. The van der Waals surface area contributed by atoms with Crippen LogP contribution in [0.2, 0.25) is 0 Å². The molecule has 0 aliphatic carbocycles. The largest absolute Gasteiger partial charge is 0.416 e. The summed E-state index contributed by atoms with van der Waals surface area (Å²) in [4.78, 5) is 41.4. The van der Waals surface area contributed by atoms with E-state index >= 15 is 0 Å². The average Bonchev–Trinajstić information content (AvgIpc) is 2.76. The van der Waals surface area contributed by atoms with Gasteiger partial charge in [0.1, 0.15) is 18.9 Å². The molecule has 3 amide bonds. The van der Waals surface area contributed by atoms with Crippen LogP contribution < -0.4 is 0 Å². The molecule has 2 fully saturated rings. The lowest BCUT2D eigenvalue weighted by atomic mass is 10.0. The highest BCUT2D eigenvalue weighted by Crippen LogP contribution is 2.31. The summed E-state index contributed by atoms with van der Waals surface area (Å²) in [7, 11) is 0. The molecule has 6 nitrogen and oxygen atoms in total. The molecule has 0 saturated carbocycles. The topological polar surface area (TPSA) is 60.9 Å². The third-order valence-corrected chi connectivity index (χ3v) is 5.97. The maximum atomic E-state index is 14.5. The molecular formula is C21H24F5N3O3. The van der Waals surface area contributed by atoms with Crippen LogP contribution in [0.4, 0.5) is 22.0 Å². The van der Waals surface area contributed by atoms with Crippen molar-refractivity contribution in [3.8, 4) is 0 Å². The van der Waals surface area contributed by atoms with Crippen LogP contribution in [0.5, 0.6) is 0 Å². The SMILES string of the molecule is CCC(C)CN1CC2N(C(=O)c3ccc(C(F)(F)F)cc3)CC(F)C(=O)N2C(CF)C1=O. The average molecular weight is 461 g/mol. The van der Waals surface area contributed by atoms with E-state index in [1.807, 2.05) is 13.8 Å². The first-order valence-electron chi connectivity index (χ1n) is 10.3. The number of amides is 3. The maximum absolute atomic E-state index is 14.5. The molecule has 11 heteroatoms. The normalized spacial score (nSPS) is 25.1. The number of hydrogen-bond donors (Lipinski definition) is 0. The molecule has 0 N–H and O–H groups in total. The van der Waals surface area contributed by atoms with Crippen molar-refractivity contribution in [1.82, 2.24) is 14.7 Å². The zero-order valence-corrected chi connectivity index (χ0v) is 17.6. The van der Waals surface area contributed by atoms with E-state index in [9.17, 15) is 36.3 Å². The summed E-state index contributed by atoms with van der Waals surface area (Å²) in [5.41, 5.74) is -1.09. The molecule has 2 aliphatic rings. The zero-order valence-electron chi connectivity index (χ0n) is 17.6. The first-order valence-corrected chi connectivity index (χ1v) is 10.3. The van der Waals surface area contributed by atoms with E-state index in [-0.39, 0.29) is 24.6 Å². The lowest BCUT2D eigenvalue weighted by Crippen LogP contribution is -2.74. The molecule has 4 unspecified atom stereocenters. The summed E-state index contributed by atoms with van der Waals surface area (Å²) in [6, 6.07) is 1.84. The molecule has 3 rings (SSSR count). The predicted octanol–water partition coefficient (Wildman–Crippen LogP) is 2.88. The molecular weight excluding hydrogens is 437 g/mol. The van der Waals surface area contributed by atoms with Gasteiger partial charge in [-0.25, -0.2) is 8.78 Å². The van der Waals surface area contributed by atoms with Crippen molar-refractivity contribution in [2.75, 3.05) is 26.3 Å². The summed E-state index contributed by atoms with van der Waals surface area (Å²) in [5, 5.41) is 0. The van der Waals surface area contributed by atoms with Gasteiger partial charge in [-0.1, -0.05) is 20.3 Å². The number of hydrogen-bond acceptors (Lipinski definition) is 3. The quantitative estimate of drug-likeness (QED) is 0.634. The van der Waals surface area contributed by atoms with Crippen LogP contribution in [0.1, 0.15) is 36.2 Å². The van der Waals surface area contributed by atoms with E-state index in [1.165, 1.54) is 4.90 Å². The van der Waals surface area contributed by atoms with Crippen LogP contribution in [0.25, 0.3) is 0 Å². The van der Waals surface area contributed by atoms with Gasteiger partial charge < -0.3 is 14.7 Å². The van der Waals surface area contributed by atoms with E-state index in [4.69, 9.17) is 0 Å². The van der Waals surface area contributed by atoms with Crippen molar-refractivity contribution in [2.45, 2.75) is 44.8 Å². The fourth-order valence-corrected chi connectivity index (χ4v) is 3.99. The number of halogens is 5. The lowest BCUT2D eigenvalue weighted by molar-refractivity contribution is -0.173. The van der Waals surface area contributed by atoms with Crippen molar-refractivity contribution >= 4 is 17.7 Å². The Bertz CT molecular complexity index is 876. The minimum Gasteiger partial charge on any atom is -0.337 e. The Balaban J connectivity index is 1.94. The van der Waals surface area contributed by atoms with Crippen LogP contribution in [0.3, 0.4) is 0 Å². The van der Waals surface area contributed by atoms with Crippen LogP contribution in [-0.4, -0.2) is 77.1 Å².